The van der Waals surface area contributed by atoms with Gasteiger partial charge in [0, 0.05) is 26.1 Å². The van der Waals surface area contributed by atoms with Gasteiger partial charge in [-0.15, -0.1) is 0 Å². The van der Waals surface area contributed by atoms with Gasteiger partial charge in [-0.25, -0.2) is 4.79 Å². The molecule has 0 saturated carbocycles. The number of aliphatic carboxylic acids is 1. The van der Waals surface area contributed by atoms with E-state index in [1.54, 1.807) is 6.92 Å². The van der Waals surface area contributed by atoms with E-state index < -0.39 is 18.0 Å². The van der Waals surface area contributed by atoms with Gasteiger partial charge in [-0.3, -0.25) is 15.0 Å². The first-order valence-electron chi connectivity index (χ1n) is 9.31. The van der Waals surface area contributed by atoms with Crippen LogP contribution in [0.25, 0.3) is 0 Å². The van der Waals surface area contributed by atoms with Crippen LogP contribution in [0.4, 0.5) is 0 Å². The summed E-state index contributed by atoms with van der Waals surface area (Å²) in [6.45, 7) is 2.62. The second kappa shape index (κ2) is 7.88. The van der Waals surface area contributed by atoms with Gasteiger partial charge in [0.1, 0.15) is 18.1 Å². The molecule has 0 spiro atoms. The molecule has 0 unspecified atom stereocenters. The fourth-order valence-corrected chi connectivity index (χ4v) is 4.43. The van der Waals surface area contributed by atoms with Gasteiger partial charge in [0.25, 0.3) is 0 Å². The number of methoxy groups -OCH3 is 1. The second-order valence-corrected chi connectivity index (χ2v) is 7.51. The Morgan fingerprint density at radius 1 is 1.43 bits per heavy atom. The molecule has 3 heterocycles. The fourth-order valence-electron chi connectivity index (χ4n) is 4.43. The van der Waals surface area contributed by atoms with E-state index in [1.165, 1.54) is 12.0 Å². The number of carboxylic acids is 1. The van der Waals surface area contributed by atoms with Crippen molar-refractivity contribution in [3.63, 3.8) is 0 Å². The van der Waals surface area contributed by atoms with Gasteiger partial charge in [-0.1, -0.05) is 0 Å². The van der Waals surface area contributed by atoms with Crippen LogP contribution in [0.3, 0.4) is 0 Å². The van der Waals surface area contributed by atoms with E-state index in [-0.39, 0.29) is 48.5 Å². The molecule has 3 aliphatic rings. The Labute approximate surface area is 162 Å². The molecule has 0 aromatic rings. The number of carbonyl (C=O) groups is 3. The molecule has 2 saturated heterocycles. The quantitative estimate of drug-likeness (QED) is 0.246. The minimum atomic E-state index is -1.13. The summed E-state index contributed by atoms with van der Waals surface area (Å²) in [7, 11) is 1.42. The average molecular weight is 394 g/mol. The van der Waals surface area contributed by atoms with Crippen molar-refractivity contribution in [2.45, 2.75) is 31.9 Å². The molecule has 0 aliphatic carbocycles. The third-order valence-electron chi connectivity index (χ3n) is 5.76. The summed E-state index contributed by atoms with van der Waals surface area (Å²) in [6, 6.07) is -0.296. The molecule has 3 aliphatic heterocycles. The topological polar surface area (TPSA) is 143 Å². The summed E-state index contributed by atoms with van der Waals surface area (Å²) in [5.41, 5.74) is 0.756. The summed E-state index contributed by atoms with van der Waals surface area (Å²) in [5, 5.41) is 30.2. The Morgan fingerprint density at radius 2 is 2.14 bits per heavy atom. The molecule has 4 N–H and O–H groups in total. The molecule has 2 fully saturated rings. The van der Waals surface area contributed by atoms with E-state index in [0.29, 0.717) is 31.5 Å². The minimum absolute atomic E-state index is 0.0404. The largest absolute Gasteiger partial charge is 0.477 e. The fraction of sp³-hybridized carbons (Fsp3) is 0.667. The van der Waals surface area contributed by atoms with E-state index in [2.05, 4.69) is 5.32 Å². The minimum Gasteiger partial charge on any atom is -0.477 e. The van der Waals surface area contributed by atoms with Crippen molar-refractivity contribution in [2.75, 3.05) is 33.4 Å². The predicted molar refractivity (Wildman–Crippen MR) is 97.4 cm³/mol. The molecule has 0 radical (unpaired) electrons. The summed E-state index contributed by atoms with van der Waals surface area (Å²) < 4.78 is 4.73. The van der Waals surface area contributed by atoms with Crippen molar-refractivity contribution in [2.24, 2.45) is 11.8 Å². The van der Waals surface area contributed by atoms with E-state index in [4.69, 9.17) is 10.1 Å². The van der Waals surface area contributed by atoms with Crippen LogP contribution in [0.2, 0.25) is 0 Å². The number of amidine groups is 1. The predicted octanol–water partition coefficient (Wildman–Crippen LogP) is -1.00. The lowest BCUT2D eigenvalue weighted by Crippen LogP contribution is -2.61. The number of fused-ring (bicyclic) bond motifs is 1. The number of β-lactam (4-membered cyclic amide) rings is 1. The standard InChI is InChI=1S/C18H26N4O6/c1-9(23)15-12-5-11(16(18(26)27)22(12)17(15)25)10-3-4-21(7-10)13(19)6-20-14(24)8-28-2/h9-10,12,15,19,23H,3-8H2,1-2H3,(H,20,24)(H,26,27)/t9-,10-,12-,15-/m1/s1. The Hall–Kier alpha value is -2.46. The highest BCUT2D eigenvalue weighted by Crippen LogP contribution is 2.47. The van der Waals surface area contributed by atoms with Gasteiger partial charge in [0.15, 0.2) is 0 Å². The van der Waals surface area contributed by atoms with Crippen LogP contribution in [0.15, 0.2) is 11.3 Å². The molecule has 28 heavy (non-hydrogen) atoms. The Kier molecular flexibility index (Phi) is 5.71. The van der Waals surface area contributed by atoms with Crippen LogP contribution in [-0.4, -0.2) is 89.1 Å². The highest BCUT2D eigenvalue weighted by molar-refractivity contribution is 5.99. The van der Waals surface area contributed by atoms with E-state index in [1.807, 2.05) is 4.90 Å². The lowest BCUT2D eigenvalue weighted by molar-refractivity contribution is -0.161. The lowest BCUT2D eigenvalue weighted by Gasteiger charge is -2.44. The molecule has 154 valence electrons. The number of hydrogen-bond acceptors (Lipinski definition) is 6. The first kappa shape index (κ1) is 20.3. The van der Waals surface area contributed by atoms with E-state index >= 15 is 0 Å². The monoisotopic (exact) mass is 394 g/mol. The first-order valence-corrected chi connectivity index (χ1v) is 9.31. The third kappa shape index (κ3) is 3.49. The maximum atomic E-state index is 12.3. The summed E-state index contributed by atoms with van der Waals surface area (Å²) >= 11 is 0. The smallest absolute Gasteiger partial charge is 0.352 e. The van der Waals surface area contributed by atoms with Crippen molar-refractivity contribution in [3.05, 3.63) is 11.3 Å². The van der Waals surface area contributed by atoms with Crippen LogP contribution in [-0.2, 0) is 19.1 Å². The SMILES string of the molecule is COCC(=O)NCC(=N)N1CC[C@@H](C2=C(C(=O)O)N3C(=O)[C@H]([C@@H](C)O)[C@H]3C2)C1. The number of nitrogens with one attached hydrogen (secondary N) is 2. The number of carboxylic acid groups (broad SMARTS) is 1. The van der Waals surface area contributed by atoms with E-state index in [0.717, 1.165) is 0 Å². The van der Waals surface area contributed by atoms with Gasteiger partial charge in [-0.05, 0) is 25.3 Å². The van der Waals surface area contributed by atoms with Crippen LogP contribution in [0.1, 0.15) is 19.8 Å². The number of nitrogens with zero attached hydrogens (tertiary/aromatic N) is 2. The number of likely N-dealkylation sites (tertiary alicyclic amines) is 1. The second-order valence-electron chi connectivity index (χ2n) is 7.51. The van der Waals surface area contributed by atoms with Crippen LogP contribution in [0, 0.1) is 17.2 Å². The van der Waals surface area contributed by atoms with Crippen LogP contribution < -0.4 is 5.32 Å². The zero-order valence-electron chi connectivity index (χ0n) is 16.0. The molecule has 0 aromatic carbocycles. The number of amides is 2. The normalized spacial score (nSPS) is 27.5. The molecule has 0 bridgehead atoms. The van der Waals surface area contributed by atoms with Gasteiger partial charge < -0.3 is 30.1 Å². The first-order chi connectivity index (χ1) is 13.3. The molecular formula is C18H26N4O6. The third-order valence-corrected chi connectivity index (χ3v) is 5.76. The molecule has 3 rings (SSSR count). The van der Waals surface area contributed by atoms with Crippen molar-refractivity contribution >= 4 is 23.6 Å². The molecule has 4 atom stereocenters. The number of aliphatic hydroxyl groups is 1. The van der Waals surface area contributed by atoms with Crippen molar-refractivity contribution in [3.8, 4) is 0 Å². The number of hydrogen-bond donors (Lipinski definition) is 4. The summed E-state index contributed by atoms with van der Waals surface area (Å²) in [4.78, 5) is 38.7. The van der Waals surface area contributed by atoms with Gasteiger partial charge in [0.2, 0.25) is 11.8 Å². The van der Waals surface area contributed by atoms with Crippen molar-refractivity contribution in [1.29, 1.82) is 5.41 Å². The van der Waals surface area contributed by atoms with Crippen LogP contribution >= 0.6 is 0 Å². The molecular weight excluding hydrogens is 368 g/mol. The molecule has 0 aromatic heterocycles. The maximum absolute atomic E-state index is 12.3. The van der Waals surface area contributed by atoms with Gasteiger partial charge in [-0.2, -0.15) is 0 Å². The number of carbonyl (C=O) groups excluding carboxylic acids is 2. The van der Waals surface area contributed by atoms with Crippen molar-refractivity contribution < 1.29 is 29.3 Å². The van der Waals surface area contributed by atoms with Gasteiger partial charge >= 0.3 is 5.97 Å². The number of aliphatic hydroxyl groups excluding tert-OH is 1. The van der Waals surface area contributed by atoms with Crippen LogP contribution in [0.5, 0.6) is 0 Å². The molecule has 10 heteroatoms. The maximum Gasteiger partial charge on any atom is 0.352 e. The molecule has 10 nitrogen and oxygen atoms in total. The number of rotatable bonds is 7. The van der Waals surface area contributed by atoms with Gasteiger partial charge in [0.05, 0.1) is 24.6 Å². The summed E-state index contributed by atoms with van der Waals surface area (Å²) in [5.74, 6) is -2.15. The Morgan fingerprint density at radius 3 is 2.75 bits per heavy atom. The van der Waals surface area contributed by atoms with Crippen molar-refractivity contribution in [1.82, 2.24) is 15.1 Å². The summed E-state index contributed by atoms with van der Waals surface area (Å²) in [6.07, 6.45) is 0.306. The lowest BCUT2D eigenvalue weighted by atomic mass is 9.82. The molecule has 2 amide bonds. The highest BCUT2D eigenvalue weighted by atomic mass is 16.5. The Balaban J connectivity index is 1.66. The average Bonchev–Trinajstić information content (AvgIpc) is 3.22. The zero-order valence-corrected chi connectivity index (χ0v) is 16.0. The zero-order chi connectivity index (χ0) is 20.6. The van der Waals surface area contributed by atoms with E-state index in [9.17, 15) is 24.6 Å². The number of ether oxygens (including phenoxy) is 1. The highest BCUT2D eigenvalue weighted by Gasteiger charge is 2.57. The Bertz CT molecular complexity index is 734.